The molecule has 33 heavy (non-hydrogen) atoms. The SMILES string of the molecule is CCOC(=O)CC(NC(=O)N1CCc2c(c(C(=O)N3CCCC3)nn2C)C1)c1ccccc1. The van der Waals surface area contributed by atoms with Crippen LogP contribution in [0.15, 0.2) is 30.3 Å². The number of carbonyl (C=O) groups is 3. The molecule has 9 nitrogen and oxygen atoms in total. The van der Waals surface area contributed by atoms with Crippen LogP contribution in [-0.4, -0.2) is 63.7 Å². The van der Waals surface area contributed by atoms with Crippen molar-refractivity contribution < 1.29 is 19.1 Å². The van der Waals surface area contributed by atoms with E-state index in [0.29, 0.717) is 25.2 Å². The average molecular weight is 454 g/mol. The number of nitrogens with zero attached hydrogens (tertiary/aromatic N) is 4. The van der Waals surface area contributed by atoms with E-state index >= 15 is 0 Å². The molecule has 2 aromatic rings. The second-order valence-corrected chi connectivity index (χ2v) is 8.49. The van der Waals surface area contributed by atoms with Gasteiger partial charge < -0.3 is 19.9 Å². The van der Waals surface area contributed by atoms with Crippen LogP contribution in [0.25, 0.3) is 0 Å². The molecule has 1 saturated heterocycles. The van der Waals surface area contributed by atoms with Crippen molar-refractivity contribution in [3.8, 4) is 0 Å². The molecule has 1 atom stereocenters. The Labute approximate surface area is 193 Å². The molecule has 9 heteroatoms. The maximum absolute atomic E-state index is 13.2. The molecule has 0 aliphatic carbocycles. The average Bonchev–Trinajstić information content (AvgIpc) is 3.47. The Morgan fingerprint density at radius 2 is 1.82 bits per heavy atom. The number of likely N-dealkylation sites (tertiary alicyclic amines) is 1. The standard InChI is InChI=1S/C24H31N5O4/c1-3-33-21(30)15-19(17-9-5-4-6-10-17)25-24(32)29-14-11-20-18(16-29)22(26-27(20)2)23(31)28-12-7-8-13-28/h4-6,9-10,19H,3,7-8,11-16H2,1-2H3,(H,25,32). The van der Waals surface area contributed by atoms with Crippen LogP contribution < -0.4 is 5.32 Å². The Bertz CT molecular complexity index is 1010. The molecule has 1 N–H and O–H groups in total. The number of benzene rings is 1. The summed E-state index contributed by atoms with van der Waals surface area (Å²) in [6, 6.07) is 8.62. The van der Waals surface area contributed by atoms with Crippen LogP contribution in [-0.2, 0) is 29.5 Å². The predicted molar refractivity (Wildman–Crippen MR) is 121 cm³/mol. The minimum atomic E-state index is -0.501. The maximum atomic E-state index is 13.2. The van der Waals surface area contributed by atoms with Gasteiger partial charge in [0.05, 0.1) is 25.6 Å². The Morgan fingerprint density at radius 3 is 2.52 bits per heavy atom. The van der Waals surface area contributed by atoms with Crippen LogP contribution in [0.3, 0.4) is 0 Å². The second kappa shape index (κ2) is 10.1. The van der Waals surface area contributed by atoms with Crippen LogP contribution in [0.5, 0.6) is 0 Å². The van der Waals surface area contributed by atoms with E-state index in [4.69, 9.17) is 4.74 Å². The summed E-state index contributed by atoms with van der Waals surface area (Å²) in [5, 5.41) is 7.50. The highest BCUT2D eigenvalue weighted by molar-refractivity contribution is 5.94. The van der Waals surface area contributed by atoms with Gasteiger partial charge in [0.25, 0.3) is 5.91 Å². The number of hydrogen-bond acceptors (Lipinski definition) is 5. The van der Waals surface area contributed by atoms with Crippen molar-refractivity contribution >= 4 is 17.9 Å². The predicted octanol–water partition coefficient (Wildman–Crippen LogP) is 2.42. The molecular weight excluding hydrogens is 422 g/mol. The smallest absolute Gasteiger partial charge is 0.318 e. The number of nitrogens with one attached hydrogen (secondary N) is 1. The number of ether oxygens (including phenoxy) is 1. The quantitative estimate of drug-likeness (QED) is 0.678. The summed E-state index contributed by atoms with van der Waals surface area (Å²) >= 11 is 0. The first-order valence-electron chi connectivity index (χ1n) is 11.6. The minimum Gasteiger partial charge on any atom is -0.466 e. The number of esters is 1. The van der Waals surface area contributed by atoms with E-state index in [1.54, 1.807) is 16.5 Å². The monoisotopic (exact) mass is 453 g/mol. The van der Waals surface area contributed by atoms with E-state index in [0.717, 1.165) is 42.8 Å². The Hall–Kier alpha value is -3.36. The molecule has 3 amide bonds. The molecule has 0 saturated carbocycles. The highest BCUT2D eigenvalue weighted by Gasteiger charge is 2.32. The third-order valence-electron chi connectivity index (χ3n) is 6.30. The number of amides is 3. The number of aryl methyl sites for hydroxylation is 1. The number of fused-ring (bicyclic) bond motifs is 1. The molecule has 4 rings (SSSR count). The fourth-order valence-corrected chi connectivity index (χ4v) is 4.57. The molecular formula is C24H31N5O4. The van der Waals surface area contributed by atoms with Gasteiger partial charge in [-0.15, -0.1) is 0 Å². The summed E-state index contributed by atoms with van der Waals surface area (Å²) in [5.74, 6) is -0.422. The van der Waals surface area contributed by atoms with Crippen molar-refractivity contribution in [1.82, 2.24) is 24.9 Å². The molecule has 1 fully saturated rings. The molecule has 2 aliphatic heterocycles. The van der Waals surface area contributed by atoms with Crippen molar-refractivity contribution in [2.75, 3.05) is 26.2 Å². The van der Waals surface area contributed by atoms with E-state index in [1.165, 1.54) is 0 Å². The van der Waals surface area contributed by atoms with Crippen molar-refractivity contribution in [1.29, 1.82) is 0 Å². The van der Waals surface area contributed by atoms with Gasteiger partial charge in [0, 0.05) is 44.4 Å². The fourth-order valence-electron chi connectivity index (χ4n) is 4.57. The summed E-state index contributed by atoms with van der Waals surface area (Å²) in [7, 11) is 1.85. The van der Waals surface area contributed by atoms with Gasteiger partial charge in [0.15, 0.2) is 5.69 Å². The van der Waals surface area contributed by atoms with Gasteiger partial charge in [0.2, 0.25) is 0 Å². The highest BCUT2D eigenvalue weighted by Crippen LogP contribution is 2.25. The van der Waals surface area contributed by atoms with Gasteiger partial charge in [-0.3, -0.25) is 14.3 Å². The summed E-state index contributed by atoms with van der Waals surface area (Å²) in [6.45, 7) is 4.37. The second-order valence-electron chi connectivity index (χ2n) is 8.49. The third-order valence-corrected chi connectivity index (χ3v) is 6.30. The number of rotatable bonds is 6. The van der Waals surface area contributed by atoms with Crippen molar-refractivity contribution in [2.24, 2.45) is 7.05 Å². The first kappa shape index (κ1) is 22.8. The van der Waals surface area contributed by atoms with E-state index in [-0.39, 0.29) is 30.9 Å². The largest absolute Gasteiger partial charge is 0.466 e. The van der Waals surface area contributed by atoms with E-state index in [2.05, 4.69) is 10.4 Å². The normalized spacial score (nSPS) is 16.3. The molecule has 0 bridgehead atoms. The summed E-state index contributed by atoms with van der Waals surface area (Å²) in [5.41, 5.74) is 3.09. The van der Waals surface area contributed by atoms with Crippen LogP contribution >= 0.6 is 0 Å². The molecule has 1 aromatic carbocycles. The summed E-state index contributed by atoms with van der Waals surface area (Å²) in [4.78, 5) is 41.9. The molecule has 3 heterocycles. The third kappa shape index (κ3) is 5.02. The molecule has 1 unspecified atom stereocenters. The molecule has 176 valence electrons. The number of aromatic nitrogens is 2. The topological polar surface area (TPSA) is 96.8 Å². The van der Waals surface area contributed by atoms with Crippen LogP contribution in [0.4, 0.5) is 4.79 Å². The van der Waals surface area contributed by atoms with E-state index < -0.39 is 6.04 Å². The van der Waals surface area contributed by atoms with Gasteiger partial charge in [-0.1, -0.05) is 30.3 Å². The lowest BCUT2D eigenvalue weighted by atomic mass is 10.0. The van der Waals surface area contributed by atoms with Gasteiger partial charge >= 0.3 is 12.0 Å². The van der Waals surface area contributed by atoms with E-state index in [1.807, 2.05) is 42.3 Å². The molecule has 0 radical (unpaired) electrons. The molecule has 2 aliphatic rings. The van der Waals surface area contributed by atoms with Crippen LogP contribution in [0.2, 0.25) is 0 Å². The van der Waals surface area contributed by atoms with Gasteiger partial charge in [0.1, 0.15) is 0 Å². The zero-order valence-corrected chi connectivity index (χ0v) is 19.2. The first-order chi connectivity index (χ1) is 16.0. The van der Waals surface area contributed by atoms with Crippen molar-refractivity contribution in [3.05, 3.63) is 52.8 Å². The summed E-state index contributed by atoms with van der Waals surface area (Å²) in [6.07, 6.45) is 2.69. The Balaban J connectivity index is 1.50. The van der Waals surface area contributed by atoms with Gasteiger partial charge in [-0.2, -0.15) is 5.10 Å². The Kier molecular flexibility index (Phi) is 6.96. The first-order valence-corrected chi connectivity index (χ1v) is 11.6. The molecule has 1 aromatic heterocycles. The molecule has 0 spiro atoms. The zero-order valence-electron chi connectivity index (χ0n) is 19.2. The van der Waals surface area contributed by atoms with Crippen LogP contribution in [0, 0.1) is 0 Å². The van der Waals surface area contributed by atoms with Gasteiger partial charge in [-0.05, 0) is 25.3 Å². The lowest BCUT2D eigenvalue weighted by Crippen LogP contribution is -2.45. The lowest BCUT2D eigenvalue weighted by molar-refractivity contribution is -0.143. The Morgan fingerprint density at radius 1 is 1.09 bits per heavy atom. The van der Waals surface area contributed by atoms with Crippen molar-refractivity contribution in [2.45, 2.75) is 45.2 Å². The van der Waals surface area contributed by atoms with Gasteiger partial charge in [-0.25, -0.2) is 4.79 Å². The highest BCUT2D eigenvalue weighted by atomic mass is 16.5. The fraction of sp³-hybridized carbons (Fsp3) is 0.500. The number of urea groups is 1. The van der Waals surface area contributed by atoms with Crippen LogP contribution in [0.1, 0.15) is 59.5 Å². The summed E-state index contributed by atoms with van der Waals surface area (Å²) < 4.78 is 6.87. The number of carbonyl (C=O) groups excluding carboxylic acids is 3. The zero-order chi connectivity index (χ0) is 23.4. The van der Waals surface area contributed by atoms with Crippen molar-refractivity contribution in [3.63, 3.8) is 0 Å². The minimum absolute atomic E-state index is 0.0499. The lowest BCUT2D eigenvalue weighted by Gasteiger charge is -2.30. The maximum Gasteiger partial charge on any atom is 0.318 e. The number of hydrogen-bond donors (Lipinski definition) is 1. The van der Waals surface area contributed by atoms with E-state index in [9.17, 15) is 14.4 Å².